The van der Waals surface area contributed by atoms with E-state index in [4.69, 9.17) is 0 Å². The second kappa shape index (κ2) is 6.60. The summed E-state index contributed by atoms with van der Waals surface area (Å²) >= 11 is 0. The van der Waals surface area contributed by atoms with Gasteiger partial charge in [-0.2, -0.15) is 0 Å². The van der Waals surface area contributed by atoms with Crippen molar-refractivity contribution >= 4 is 23.4 Å². The first-order valence-electron chi connectivity index (χ1n) is 7.91. The molecule has 0 aliphatic carbocycles. The van der Waals surface area contributed by atoms with Crippen molar-refractivity contribution < 1.29 is 23.7 Å². The fraction of sp³-hybridized carbons (Fsp3) is 0.167. The molecule has 3 amide bonds. The second-order valence-corrected chi connectivity index (χ2v) is 6.15. The number of hydrogen-bond acceptors (Lipinski definition) is 5. The third-order valence-corrected chi connectivity index (χ3v) is 4.41. The number of benzene rings is 2. The minimum atomic E-state index is -1.48. The molecule has 0 radical (unpaired) electrons. The maximum absolute atomic E-state index is 13.7. The summed E-state index contributed by atoms with van der Waals surface area (Å²) in [4.78, 5) is 48.2. The van der Waals surface area contributed by atoms with Crippen LogP contribution >= 0.6 is 0 Å². The Morgan fingerprint density at radius 3 is 2.41 bits per heavy atom. The van der Waals surface area contributed by atoms with Gasteiger partial charge in [0.1, 0.15) is 11.4 Å². The van der Waals surface area contributed by atoms with Crippen LogP contribution in [0.5, 0.6) is 0 Å². The van der Waals surface area contributed by atoms with E-state index in [0.717, 1.165) is 6.07 Å². The number of non-ortho nitro benzene ring substituents is 1. The molecule has 1 atom stereocenters. The Morgan fingerprint density at radius 2 is 1.81 bits per heavy atom. The first kappa shape index (κ1) is 18.2. The Bertz CT molecular complexity index is 960. The van der Waals surface area contributed by atoms with Crippen molar-refractivity contribution in [1.82, 2.24) is 10.2 Å². The van der Waals surface area contributed by atoms with Crippen molar-refractivity contribution in [2.24, 2.45) is 0 Å². The number of rotatable bonds is 5. The Balaban J connectivity index is 1.85. The minimum Gasteiger partial charge on any atom is -0.319 e. The Morgan fingerprint density at radius 1 is 1.19 bits per heavy atom. The van der Waals surface area contributed by atoms with E-state index < -0.39 is 40.5 Å². The molecule has 0 saturated carbocycles. The van der Waals surface area contributed by atoms with Gasteiger partial charge in [-0.1, -0.05) is 12.1 Å². The molecule has 3 rings (SSSR count). The fourth-order valence-corrected chi connectivity index (χ4v) is 2.87. The number of Topliss-reactive ketones (excluding diaryl/α,β-unsaturated/α-hetero) is 1. The maximum Gasteiger partial charge on any atom is 0.325 e. The highest BCUT2D eigenvalue weighted by atomic mass is 19.1. The average molecular weight is 371 g/mol. The average Bonchev–Trinajstić information content (AvgIpc) is 2.86. The maximum atomic E-state index is 13.7. The number of carbonyl (C=O) groups excluding carboxylic acids is 3. The number of amides is 3. The molecule has 2 aromatic carbocycles. The quantitative estimate of drug-likeness (QED) is 0.376. The number of nitro groups is 1. The topological polar surface area (TPSA) is 110 Å². The number of ketones is 1. The predicted molar refractivity (Wildman–Crippen MR) is 91.4 cm³/mol. The SMILES string of the molecule is C[C@@]1(c2ccc([N+](=O)[O-])cc2)NC(=O)N(CC(=O)c2ccccc2F)C1=O. The summed E-state index contributed by atoms with van der Waals surface area (Å²) in [5, 5.41) is 13.2. The second-order valence-electron chi connectivity index (χ2n) is 6.15. The predicted octanol–water partition coefficient (Wildman–Crippen LogP) is 2.38. The Hall–Kier alpha value is -3.62. The van der Waals surface area contributed by atoms with Crippen molar-refractivity contribution in [3.63, 3.8) is 0 Å². The number of urea groups is 1. The minimum absolute atomic E-state index is 0.161. The van der Waals surface area contributed by atoms with Crippen molar-refractivity contribution in [1.29, 1.82) is 0 Å². The first-order chi connectivity index (χ1) is 12.7. The smallest absolute Gasteiger partial charge is 0.319 e. The summed E-state index contributed by atoms with van der Waals surface area (Å²) in [7, 11) is 0. The molecular weight excluding hydrogens is 357 g/mol. The number of hydrogen-bond donors (Lipinski definition) is 1. The van der Waals surface area contributed by atoms with Crippen molar-refractivity contribution in [2.45, 2.75) is 12.5 Å². The number of halogens is 1. The van der Waals surface area contributed by atoms with Crippen LogP contribution in [0.2, 0.25) is 0 Å². The standard InChI is InChI=1S/C18H14FN3O5/c1-18(11-6-8-12(9-7-11)22(26)27)16(24)21(17(25)20-18)10-15(23)13-4-2-3-5-14(13)19/h2-9H,10H2,1H3,(H,20,25)/t18-/m0/s1. The van der Waals surface area contributed by atoms with Crippen LogP contribution in [0.4, 0.5) is 14.9 Å². The molecule has 1 aliphatic rings. The monoisotopic (exact) mass is 371 g/mol. The van der Waals surface area contributed by atoms with Crippen molar-refractivity contribution in [3.8, 4) is 0 Å². The molecule has 138 valence electrons. The first-order valence-corrected chi connectivity index (χ1v) is 7.91. The summed E-state index contributed by atoms with van der Waals surface area (Å²) in [5.74, 6) is -2.16. The molecule has 1 aliphatic heterocycles. The van der Waals surface area contributed by atoms with Gasteiger partial charge in [0.25, 0.3) is 11.6 Å². The molecule has 8 nitrogen and oxygen atoms in total. The van der Waals surface area contributed by atoms with E-state index in [9.17, 15) is 28.9 Å². The van der Waals surface area contributed by atoms with Gasteiger partial charge >= 0.3 is 6.03 Å². The number of nitro benzene ring substituents is 1. The van der Waals surface area contributed by atoms with Gasteiger partial charge in [-0.15, -0.1) is 0 Å². The van der Waals surface area contributed by atoms with Gasteiger partial charge in [-0.3, -0.25) is 24.6 Å². The molecule has 1 fully saturated rings. The zero-order chi connectivity index (χ0) is 19.8. The third-order valence-electron chi connectivity index (χ3n) is 4.41. The van der Waals surface area contributed by atoms with E-state index >= 15 is 0 Å². The summed E-state index contributed by atoms with van der Waals surface area (Å²) < 4.78 is 13.7. The summed E-state index contributed by atoms with van der Waals surface area (Å²) in [5.41, 5.74) is -1.54. The lowest BCUT2D eigenvalue weighted by Crippen LogP contribution is -2.41. The molecule has 0 spiro atoms. The number of carbonyl (C=O) groups is 3. The van der Waals surface area contributed by atoms with E-state index in [1.807, 2.05) is 0 Å². The van der Waals surface area contributed by atoms with Crippen molar-refractivity contribution in [3.05, 3.63) is 75.6 Å². The summed E-state index contributed by atoms with van der Waals surface area (Å²) in [6, 6.07) is 9.63. The molecule has 27 heavy (non-hydrogen) atoms. The molecule has 0 bridgehead atoms. The molecule has 1 heterocycles. The van der Waals surface area contributed by atoms with Crippen molar-refractivity contribution in [2.75, 3.05) is 6.54 Å². The lowest BCUT2D eigenvalue weighted by atomic mass is 9.92. The number of imide groups is 1. The van der Waals surface area contributed by atoms with E-state index in [-0.39, 0.29) is 11.3 Å². The lowest BCUT2D eigenvalue weighted by Gasteiger charge is -2.22. The van der Waals surface area contributed by atoms with Gasteiger partial charge in [0.2, 0.25) is 0 Å². The zero-order valence-corrected chi connectivity index (χ0v) is 14.1. The van der Waals surface area contributed by atoms with Crippen LogP contribution in [0.15, 0.2) is 48.5 Å². The lowest BCUT2D eigenvalue weighted by molar-refractivity contribution is -0.384. The Kier molecular flexibility index (Phi) is 4.44. The van der Waals surface area contributed by atoms with E-state index in [1.165, 1.54) is 49.4 Å². The third kappa shape index (κ3) is 3.14. The highest BCUT2D eigenvalue weighted by molar-refractivity contribution is 6.11. The Labute approximate surface area is 152 Å². The van der Waals surface area contributed by atoms with Crippen LogP contribution < -0.4 is 5.32 Å². The van der Waals surface area contributed by atoms with Crippen LogP contribution in [-0.4, -0.2) is 34.1 Å². The van der Waals surface area contributed by atoms with Crippen LogP contribution in [0, 0.1) is 15.9 Å². The van der Waals surface area contributed by atoms with Gasteiger partial charge in [0.05, 0.1) is 17.0 Å². The van der Waals surface area contributed by atoms with Crippen LogP contribution in [0.3, 0.4) is 0 Å². The van der Waals surface area contributed by atoms with Gasteiger partial charge in [0, 0.05) is 12.1 Å². The van der Waals surface area contributed by atoms with E-state index in [1.54, 1.807) is 0 Å². The van der Waals surface area contributed by atoms with Gasteiger partial charge < -0.3 is 5.32 Å². The van der Waals surface area contributed by atoms with Crippen LogP contribution in [0.25, 0.3) is 0 Å². The van der Waals surface area contributed by atoms with E-state index in [0.29, 0.717) is 10.5 Å². The molecule has 0 unspecified atom stereocenters. The van der Waals surface area contributed by atoms with Crippen LogP contribution in [0.1, 0.15) is 22.8 Å². The molecular formula is C18H14FN3O5. The summed E-state index contributed by atoms with van der Waals surface area (Å²) in [6.45, 7) is 0.816. The largest absolute Gasteiger partial charge is 0.325 e. The normalized spacial score (nSPS) is 19.1. The van der Waals surface area contributed by atoms with Crippen LogP contribution in [-0.2, 0) is 10.3 Å². The highest BCUT2D eigenvalue weighted by Crippen LogP contribution is 2.30. The molecule has 9 heteroatoms. The fourth-order valence-electron chi connectivity index (χ4n) is 2.87. The molecule has 1 N–H and O–H groups in total. The number of nitrogens with zero attached hydrogens (tertiary/aromatic N) is 2. The molecule has 2 aromatic rings. The van der Waals surface area contributed by atoms with Gasteiger partial charge in [-0.25, -0.2) is 9.18 Å². The summed E-state index contributed by atoms with van der Waals surface area (Å²) in [6.07, 6.45) is 0. The molecule has 1 saturated heterocycles. The zero-order valence-electron chi connectivity index (χ0n) is 14.1. The molecule has 0 aromatic heterocycles. The van der Waals surface area contributed by atoms with Gasteiger partial charge in [0.15, 0.2) is 5.78 Å². The highest BCUT2D eigenvalue weighted by Gasteiger charge is 2.49. The van der Waals surface area contributed by atoms with Gasteiger partial charge in [-0.05, 0) is 36.8 Å². The van der Waals surface area contributed by atoms with E-state index in [2.05, 4.69) is 5.32 Å². The number of nitrogens with one attached hydrogen (secondary N) is 1.